The Bertz CT molecular complexity index is 1170. The molecule has 0 spiro atoms. The predicted molar refractivity (Wildman–Crippen MR) is 121 cm³/mol. The van der Waals surface area contributed by atoms with Crippen LogP contribution in [0.25, 0.3) is 22.3 Å². The van der Waals surface area contributed by atoms with Gasteiger partial charge in [-0.15, -0.1) is 0 Å². The third-order valence-corrected chi connectivity index (χ3v) is 6.33. The van der Waals surface area contributed by atoms with Gasteiger partial charge >= 0.3 is 0 Å². The minimum atomic E-state index is 0.266. The van der Waals surface area contributed by atoms with Crippen molar-refractivity contribution in [2.45, 2.75) is 38.8 Å². The highest BCUT2D eigenvalue weighted by molar-refractivity contribution is 5.79. The van der Waals surface area contributed by atoms with Crippen LogP contribution in [0.3, 0.4) is 0 Å². The minimum Gasteiger partial charge on any atom is -0.346 e. The van der Waals surface area contributed by atoms with E-state index in [1.54, 1.807) is 6.20 Å². The molecule has 0 radical (unpaired) electrons. The summed E-state index contributed by atoms with van der Waals surface area (Å²) in [6.45, 7) is 3.91. The van der Waals surface area contributed by atoms with Gasteiger partial charge in [0.05, 0.1) is 22.9 Å². The molecule has 2 atom stereocenters. The second-order valence-electron chi connectivity index (χ2n) is 8.54. The Morgan fingerprint density at radius 2 is 2.03 bits per heavy atom. The van der Waals surface area contributed by atoms with E-state index in [1.807, 2.05) is 30.5 Å². The minimum absolute atomic E-state index is 0.266. The van der Waals surface area contributed by atoms with Crippen molar-refractivity contribution < 1.29 is 4.79 Å². The number of aromatic nitrogens is 4. The number of carbonyl (C=O) groups is 1. The molecular formula is C25H27N5O. The van der Waals surface area contributed by atoms with E-state index in [1.165, 1.54) is 5.56 Å². The highest BCUT2D eigenvalue weighted by atomic mass is 16.2. The fraction of sp³-hybridized carbons (Fsp3) is 0.320. The van der Waals surface area contributed by atoms with Crippen molar-refractivity contribution in [1.29, 1.82) is 0 Å². The number of aryl methyl sites for hydroxylation is 1. The molecule has 1 amide bonds. The maximum atomic E-state index is 12.8. The summed E-state index contributed by atoms with van der Waals surface area (Å²) in [6.07, 6.45) is 8.18. The van der Waals surface area contributed by atoms with Crippen LogP contribution in [0, 0.1) is 5.92 Å². The first-order chi connectivity index (χ1) is 15.2. The van der Waals surface area contributed by atoms with Gasteiger partial charge in [0, 0.05) is 43.5 Å². The Labute approximate surface area is 181 Å². The lowest BCUT2D eigenvalue weighted by molar-refractivity contribution is -0.131. The number of hydrogen-bond acceptors (Lipinski definition) is 3. The molecule has 158 valence electrons. The molecule has 4 heterocycles. The second-order valence-corrected chi connectivity index (χ2v) is 8.54. The SMILES string of the molecule is C[C@@H]1CC(Cn2ccc3nc(-c4cn[nH]c4)ccc32)CN1C(=O)CCc1ccccc1. The molecule has 0 saturated carbocycles. The lowest BCUT2D eigenvalue weighted by atomic mass is 10.1. The average Bonchev–Trinajstić information content (AvgIpc) is 3.53. The largest absolute Gasteiger partial charge is 0.346 e. The quantitative estimate of drug-likeness (QED) is 0.513. The van der Waals surface area contributed by atoms with Crippen molar-refractivity contribution in [3.05, 3.63) is 72.7 Å². The highest BCUT2D eigenvalue weighted by Crippen LogP contribution is 2.28. The van der Waals surface area contributed by atoms with Gasteiger partial charge in [0.1, 0.15) is 0 Å². The van der Waals surface area contributed by atoms with Crippen LogP contribution >= 0.6 is 0 Å². The van der Waals surface area contributed by atoms with Gasteiger partial charge in [-0.25, -0.2) is 4.98 Å². The van der Waals surface area contributed by atoms with Crippen molar-refractivity contribution in [2.75, 3.05) is 6.54 Å². The Kier molecular flexibility index (Phi) is 5.28. The van der Waals surface area contributed by atoms with Gasteiger partial charge in [-0.1, -0.05) is 30.3 Å². The van der Waals surface area contributed by atoms with Crippen molar-refractivity contribution in [1.82, 2.24) is 24.6 Å². The summed E-state index contributed by atoms with van der Waals surface area (Å²) in [4.78, 5) is 19.7. The number of likely N-dealkylation sites (tertiary alicyclic amines) is 1. The van der Waals surface area contributed by atoms with Crippen LogP contribution in [0.15, 0.2) is 67.1 Å². The molecule has 6 heteroatoms. The molecule has 1 aliphatic rings. The summed E-state index contributed by atoms with van der Waals surface area (Å²) in [5, 5.41) is 6.85. The summed E-state index contributed by atoms with van der Waals surface area (Å²) in [6, 6.07) is 16.8. The van der Waals surface area contributed by atoms with Crippen LogP contribution in [0.5, 0.6) is 0 Å². The van der Waals surface area contributed by atoms with Gasteiger partial charge < -0.3 is 9.47 Å². The molecular weight excluding hydrogens is 386 g/mol. The Hall–Kier alpha value is -3.41. The number of amides is 1. The summed E-state index contributed by atoms with van der Waals surface area (Å²) >= 11 is 0. The number of fused-ring (bicyclic) bond motifs is 1. The zero-order chi connectivity index (χ0) is 21.2. The third kappa shape index (κ3) is 4.10. The van der Waals surface area contributed by atoms with Gasteiger partial charge in [-0.05, 0) is 49.4 Å². The van der Waals surface area contributed by atoms with Crippen molar-refractivity contribution >= 4 is 16.9 Å². The molecule has 6 nitrogen and oxygen atoms in total. The lowest BCUT2D eigenvalue weighted by Gasteiger charge is -2.21. The molecule has 0 aliphatic carbocycles. The fourth-order valence-electron chi connectivity index (χ4n) is 4.72. The van der Waals surface area contributed by atoms with E-state index in [2.05, 4.69) is 57.1 Å². The first-order valence-corrected chi connectivity index (χ1v) is 11.0. The van der Waals surface area contributed by atoms with Crippen LogP contribution in [0.4, 0.5) is 0 Å². The van der Waals surface area contributed by atoms with Gasteiger partial charge in [0.15, 0.2) is 0 Å². The van der Waals surface area contributed by atoms with E-state index in [9.17, 15) is 4.79 Å². The van der Waals surface area contributed by atoms with E-state index in [0.717, 1.165) is 48.2 Å². The van der Waals surface area contributed by atoms with Crippen LogP contribution in [-0.4, -0.2) is 43.1 Å². The molecule has 1 aromatic carbocycles. The number of pyridine rings is 1. The predicted octanol–water partition coefficient (Wildman–Crippen LogP) is 4.30. The van der Waals surface area contributed by atoms with Gasteiger partial charge in [-0.3, -0.25) is 9.89 Å². The number of rotatable bonds is 6. The summed E-state index contributed by atoms with van der Waals surface area (Å²) in [5.74, 6) is 0.725. The maximum absolute atomic E-state index is 12.8. The second kappa shape index (κ2) is 8.38. The average molecular weight is 414 g/mol. The Balaban J connectivity index is 1.23. The molecule has 1 N–H and O–H groups in total. The standard InChI is InChI=1S/C25H27N5O/c1-18-13-20(17-30(18)25(31)10-7-19-5-3-2-4-6-19)16-29-12-11-23-24(29)9-8-22(28-23)21-14-26-27-15-21/h2-6,8-9,11-12,14-15,18,20H,7,10,13,16-17H2,1H3,(H,26,27)/t18-,20?/m1/s1. The van der Waals surface area contributed by atoms with Gasteiger partial charge in [0.25, 0.3) is 0 Å². The Morgan fingerprint density at radius 3 is 2.84 bits per heavy atom. The van der Waals surface area contributed by atoms with E-state index < -0.39 is 0 Å². The first-order valence-electron chi connectivity index (χ1n) is 11.0. The van der Waals surface area contributed by atoms with Gasteiger partial charge in [-0.2, -0.15) is 5.10 Å². The summed E-state index contributed by atoms with van der Waals surface area (Å²) < 4.78 is 2.27. The number of hydrogen-bond donors (Lipinski definition) is 1. The lowest BCUT2D eigenvalue weighted by Crippen LogP contribution is -2.34. The Morgan fingerprint density at radius 1 is 1.16 bits per heavy atom. The topological polar surface area (TPSA) is 66.8 Å². The zero-order valence-corrected chi connectivity index (χ0v) is 17.7. The number of H-pyrrole nitrogens is 1. The molecule has 4 aromatic rings. The number of carbonyl (C=O) groups excluding carboxylic acids is 1. The van der Waals surface area contributed by atoms with Crippen molar-refractivity contribution in [2.24, 2.45) is 5.92 Å². The van der Waals surface area contributed by atoms with Crippen LogP contribution in [0.2, 0.25) is 0 Å². The van der Waals surface area contributed by atoms with E-state index >= 15 is 0 Å². The zero-order valence-electron chi connectivity index (χ0n) is 17.7. The van der Waals surface area contributed by atoms with Crippen LogP contribution in [-0.2, 0) is 17.8 Å². The normalized spacial score (nSPS) is 18.7. The smallest absolute Gasteiger partial charge is 0.223 e. The van der Waals surface area contributed by atoms with E-state index in [4.69, 9.17) is 4.98 Å². The molecule has 1 fully saturated rings. The van der Waals surface area contributed by atoms with Crippen LogP contribution in [0.1, 0.15) is 25.3 Å². The van der Waals surface area contributed by atoms with E-state index in [0.29, 0.717) is 18.4 Å². The third-order valence-electron chi connectivity index (χ3n) is 6.33. The molecule has 1 saturated heterocycles. The summed E-state index contributed by atoms with van der Waals surface area (Å²) in [5.41, 5.74) is 5.25. The molecule has 0 bridgehead atoms. The van der Waals surface area contributed by atoms with Gasteiger partial charge in [0.2, 0.25) is 5.91 Å². The fourth-order valence-corrected chi connectivity index (χ4v) is 4.72. The maximum Gasteiger partial charge on any atom is 0.223 e. The number of nitrogens with one attached hydrogen (secondary N) is 1. The first kappa shape index (κ1) is 19.5. The number of nitrogens with zero attached hydrogens (tertiary/aromatic N) is 4. The van der Waals surface area contributed by atoms with Crippen molar-refractivity contribution in [3.63, 3.8) is 0 Å². The molecule has 1 aliphatic heterocycles. The highest BCUT2D eigenvalue weighted by Gasteiger charge is 2.32. The number of aromatic amines is 1. The molecule has 1 unspecified atom stereocenters. The monoisotopic (exact) mass is 413 g/mol. The molecule has 5 rings (SSSR count). The molecule has 3 aromatic heterocycles. The number of benzene rings is 1. The van der Waals surface area contributed by atoms with Crippen LogP contribution < -0.4 is 0 Å². The van der Waals surface area contributed by atoms with Crippen molar-refractivity contribution in [3.8, 4) is 11.3 Å². The van der Waals surface area contributed by atoms with E-state index in [-0.39, 0.29) is 5.91 Å². The molecule has 31 heavy (non-hydrogen) atoms. The summed E-state index contributed by atoms with van der Waals surface area (Å²) in [7, 11) is 0.